The Morgan fingerprint density at radius 1 is 1.17 bits per heavy atom. The molecule has 1 aromatic rings. The van der Waals surface area contributed by atoms with Crippen molar-refractivity contribution in [2.75, 3.05) is 6.61 Å². The van der Waals surface area contributed by atoms with Crippen LogP contribution in [0.5, 0.6) is 5.75 Å². The average molecular weight is 336 g/mol. The number of amides is 2. The molecule has 2 unspecified atom stereocenters. The predicted molar refractivity (Wildman–Crippen MR) is 88.6 cm³/mol. The first-order valence-electron chi connectivity index (χ1n) is 7.83. The van der Waals surface area contributed by atoms with Gasteiger partial charge in [-0.15, -0.1) is 0 Å². The van der Waals surface area contributed by atoms with Crippen molar-refractivity contribution in [1.82, 2.24) is 10.6 Å². The SMILES string of the molecule is CCOc1ccccc1C(CC(=O)NC(C)CC(=O)O)NC(C)=O. The predicted octanol–water partition coefficient (Wildman–Crippen LogP) is 1.63. The van der Waals surface area contributed by atoms with Crippen LogP contribution in [0.15, 0.2) is 24.3 Å². The van der Waals surface area contributed by atoms with Gasteiger partial charge in [0, 0.05) is 18.5 Å². The average Bonchev–Trinajstić information content (AvgIpc) is 2.45. The lowest BCUT2D eigenvalue weighted by Gasteiger charge is -2.21. The van der Waals surface area contributed by atoms with Gasteiger partial charge in [0.25, 0.3) is 0 Å². The number of aliphatic carboxylic acids is 1. The van der Waals surface area contributed by atoms with E-state index in [1.54, 1.807) is 25.1 Å². The summed E-state index contributed by atoms with van der Waals surface area (Å²) in [6.07, 6.45) is -0.167. The summed E-state index contributed by atoms with van der Waals surface area (Å²) in [6, 6.07) is 6.14. The number of carbonyl (C=O) groups excluding carboxylic acids is 2. The molecule has 0 saturated heterocycles. The molecule has 0 aliphatic heterocycles. The second-order valence-corrected chi connectivity index (χ2v) is 5.49. The van der Waals surface area contributed by atoms with Gasteiger partial charge < -0.3 is 20.5 Å². The quantitative estimate of drug-likeness (QED) is 0.636. The van der Waals surface area contributed by atoms with Crippen molar-refractivity contribution < 1.29 is 24.2 Å². The molecule has 0 saturated carbocycles. The number of carboxylic acids is 1. The Balaban J connectivity index is 2.88. The van der Waals surface area contributed by atoms with Crippen LogP contribution in [0, 0.1) is 0 Å². The summed E-state index contributed by atoms with van der Waals surface area (Å²) in [6.45, 7) is 5.31. The highest BCUT2D eigenvalue weighted by molar-refractivity contribution is 5.80. The van der Waals surface area contributed by atoms with Gasteiger partial charge in [-0.2, -0.15) is 0 Å². The van der Waals surface area contributed by atoms with Crippen molar-refractivity contribution in [1.29, 1.82) is 0 Å². The van der Waals surface area contributed by atoms with Crippen LogP contribution in [0.1, 0.15) is 45.2 Å². The molecule has 7 nitrogen and oxygen atoms in total. The van der Waals surface area contributed by atoms with Gasteiger partial charge in [0.1, 0.15) is 5.75 Å². The fourth-order valence-corrected chi connectivity index (χ4v) is 2.37. The first kappa shape index (κ1) is 19.5. The van der Waals surface area contributed by atoms with Crippen molar-refractivity contribution in [2.45, 2.75) is 45.7 Å². The van der Waals surface area contributed by atoms with Gasteiger partial charge in [-0.1, -0.05) is 18.2 Å². The van der Waals surface area contributed by atoms with Crippen LogP contribution in [0.2, 0.25) is 0 Å². The first-order chi connectivity index (χ1) is 11.3. The molecule has 1 aromatic carbocycles. The molecule has 7 heteroatoms. The maximum absolute atomic E-state index is 12.2. The van der Waals surface area contributed by atoms with Gasteiger partial charge in [-0.3, -0.25) is 14.4 Å². The third-order valence-corrected chi connectivity index (χ3v) is 3.25. The number of carboxylic acid groups (broad SMARTS) is 1. The van der Waals surface area contributed by atoms with Crippen LogP contribution in [-0.2, 0) is 14.4 Å². The van der Waals surface area contributed by atoms with E-state index >= 15 is 0 Å². The summed E-state index contributed by atoms with van der Waals surface area (Å²) in [5.41, 5.74) is 0.704. The Morgan fingerprint density at radius 3 is 2.42 bits per heavy atom. The number of para-hydroxylation sites is 1. The molecule has 132 valence electrons. The van der Waals surface area contributed by atoms with E-state index in [0.29, 0.717) is 17.9 Å². The molecule has 3 N–H and O–H groups in total. The summed E-state index contributed by atoms with van der Waals surface area (Å²) in [5, 5.41) is 14.1. The van der Waals surface area contributed by atoms with E-state index in [4.69, 9.17) is 9.84 Å². The van der Waals surface area contributed by atoms with E-state index in [0.717, 1.165) is 0 Å². The molecule has 1 rings (SSSR count). The Bertz CT molecular complexity index is 588. The molecule has 0 heterocycles. The largest absolute Gasteiger partial charge is 0.494 e. The molecule has 2 atom stereocenters. The van der Waals surface area contributed by atoms with E-state index in [2.05, 4.69) is 10.6 Å². The highest BCUT2D eigenvalue weighted by atomic mass is 16.5. The van der Waals surface area contributed by atoms with Crippen LogP contribution in [0.4, 0.5) is 0 Å². The minimum atomic E-state index is -0.983. The Labute approximate surface area is 141 Å². The second kappa shape index (κ2) is 9.54. The normalized spacial score (nSPS) is 12.8. The van der Waals surface area contributed by atoms with E-state index in [1.165, 1.54) is 6.92 Å². The van der Waals surface area contributed by atoms with E-state index in [1.807, 2.05) is 13.0 Å². The minimum Gasteiger partial charge on any atom is -0.494 e. The van der Waals surface area contributed by atoms with Crippen LogP contribution < -0.4 is 15.4 Å². The smallest absolute Gasteiger partial charge is 0.305 e. The van der Waals surface area contributed by atoms with Crippen LogP contribution in [-0.4, -0.2) is 35.5 Å². The lowest BCUT2D eigenvalue weighted by atomic mass is 10.0. The molecule has 0 bridgehead atoms. The highest BCUT2D eigenvalue weighted by Crippen LogP contribution is 2.27. The zero-order valence-electron chi connectivity index (χ0n) is 14.2. The van der Waals surface area contributed by atoms with Crippen LogP contribution in [0.3, 0.4) is 0 Å². The summed E-state index contributed by atoms with van der Waals surface area (Å²) >= 11 is 0. The molecule has 0 aliphatic carbocycles. The standard InChI is InChI=1S/C17H24N2O5/c1-4-24-15-8-6-5-7-13(15)14(19-12(3)20)10-16(21)18-11(2)9-17(22)23/h5-8,11,14H,4,9-10H2,1-3H3,(H,18,21)(H,19,20)(H,22,23). The molecule has 0 aromatic heterocycles. The number of hydrogen-bond acceptors (Lipinski definition) is 4. The molecule has 0 fully saturated rings. The molecular weight excluding hydrogens is 312 g/mol. The second-order valence-electron chi connectivity index (χ2n) is 5.49. The summed E-state index contributed by atoms with van der Waals surface area (Å²) in [5.74, 6) is -0.987. The van der Waals surface area contributed by atoms with Crippen LogP contribution in [0.25, 0.3) is 0 Å². The van der Waals surface area contributed by atoms with E-state index in [-0.39, 0.29) is 24.7 Å². The number of rotatable bonds is 9. The van der Waals surface area contributed by atoms with Gasteiger partial charge in [-0.25, -0.2) is 0 Å². The van der Waals surface area contributed by atoms with Gasteiger partial charge in [0.2, 0.25) is 11.8 Å². The third kappa shape index (κ3) is 6.68. The van der Waals surface area contributed by atoms with Crippen LogP contribution >= 0.6 is 0 Å². The zero-order chi connectivity index (χ0) is 18.1. The van der Waals surface area contributed by atoms with Crippen molar-refractivity contribution >= 4 is 17.8 Å². The molecule has 0 spiro atoms. The summed E-state index contributed by atoms with van der Waals surface area (Å²) in [7, 11) is 0. The molecule has 2 amide bonds. The maximum atomic E-state index is 12.2. The molecule has 24 heavy (non-hydrogen) atoms. The highest BCUT2D eigenvalue weighted by Gasteiger charge is 2.21. The summed E-state index contributed by atoms with van der Waals surface area (Å²) in [4.78, 5) is 34.3. The van der Waals surface area contributed by atoms with E-state index < -0.39 is 18.1 Å². The Morgan fingerprint density at radius 2 is 1.83 bits per heavy atom. The monoisotopic (exact) mass is 336 g/mol. The number of ether oxygens (including phenoxy) is 1. The number of nitrogens with one attached hydrogen (secondary N) is 2. The number of benzene rings is 1. The van der Waals surface area contributed by atoms with Gasteiger partial charge in [0.05, 0.1) is 25.5 Å². The van der Waals surface area contributed by atoms with Gasteiger partial charge >= 0.3 is 5.97 Å². The number of carbonyl (C=O) groups is 3. The Hall–Kier alpha value is -2.57. The lowest BCUT2D eigenvalue weighted by molar-refractivity contribution is -0.137. The van der Waals surface area contributed by atoms with Gasteiger partial charge in [0.15, 0.2) is 0 Å². The molecular formula is C17H24N2O5. The Kier molecular flexibility index (Phi) is 7.74. The number of hydrogen-bond donors (Lipinski definition) is 3. The fraction of sp³-hybridized carbons (Fsp3) is 0.471. The van der Waals surface area contributed by atoms with E-state index in [9.17, 15) is 14.4 Å². The minimum absolute atomic E-state index is 0.00632. The topological polar surface area (TPSA) is 105 Å². The third-order valence-electron chi connectivity index (χ3n) is 3.25. The van der Waals surface area contributed by atoms with Gasteiger partial charge in [-0.05, 0) is 19.9 Å². The molecule has 0 aliphatic rings. The zero-order valence-corrected chi connectivity index (χ0v) is 14.2. The summed E-state index contributed by atoms with van der Waals surface area (Å²) < 4.78 is 5.55. The first-order valence-corrected chi connectivity index (χ1v) is 7.83. The van der Waals surface area contributed by atoms with Crippen molar-refractivity contribution in [2.24, 2.45) is 0 Å². The van der Waals surface area contributed by atoms with Crippen molar-refractivity contribution in [3.8, 4) is 5.75 Å². The van der Waals surface area contributed by atoms with Crippen molar-refractivity contribution in [3.63, 3.8) is 0 Å². The fourth-order valence-electron chi connectivity index (χ4n) is 2.37. The molecule has 0 radical (unpaired) electrons. The van der Waals surface area contributed by atoms with Crippen molar-refractivity contribution in [3.05, 3.63) is 29.8 Å². The maximum Gasteiger partial charge on any atom is 0.305 e. The lowest BCUT2D eigenvalue weighted by Crippen LogP contribution is -2.37.